The van der Waals surface area contributed by atoms with Gasteiger partial charge in [0.15, 0.2) is 0 Å². The fourth-order valence-electron chi connectivity index (χ4n) is 1.79. The van der Waals surface area contributed by atoms with Gasteiger partial charge < -0.3 is 10.5 Å². The molecular weight excluding hydrogens is 220 g/mol. The molecule has 1 rings (SSSR count). The van der Waals surface area contributed by atoms with E-state index in [2.05, 4.69) is 25.8 Å². The summed E-state index contributed by atoms with van der Waals surface area (Å²) in [5.74, 6) is 0. The Kier molecular flexibility index (Phi) is 4.10. The minimum Gasteiger partial charge on any atom is -0.374 e. The fraction of sp³-hybridized carbons (Fsp3) is 0.750. The van der Waals surface area contributed by atoms with Crippen molar-refractivity contribution in [1.82, 2.24) is 4.98 Å². The Morgan fingerprint density at radius 3 is 2.25 bits per heavy atom. The van der Waals surface area contributed by atoms with E-state index in [1.165, 1.54) is 0 Å². The Labute approximate surface area is 102 Å². The predicted octanol–water partition coefficient (Wildman–Crippen LogP) is 3.20. The lowest BCUT2D eigenvalue weighted by molar-refractivity contribution is 0.0150. The van der Waals surface area contributed by atoms with E-state index in [0.29, 0.717) is 0 Å². The number of rotatable bonds is 3. The number of aryl methyl sites for hydroxylation is 1. The molecule has 0 radical (unpaired) electrons. The minimum absolute atomic E-state index is 0.0312. The number of ether oxygens (including phenoxy) is 1. The number of nitrogens with two attached hydrogens (primary N) is 1. The second kappa shape index (κ2) is 4.82. The second-order valence-electron chi connectivity index (χ2n) is 5.27. The number of hydrogen-bond donors (Lipinski definition) is 1. The monoisotopic (exact) mass is 242 g/mol. The summed E-state index contributed by atoms with van der Waals surface area (Å²) in [6.07, 6.45) is 0.0312. The van der Waals surface area contributed by atoms with Gasteiger partial charge in [-0.3, -0.25) is 0 Å². The molecule has 0 saturated carbocycles. The summed E-state index contributed by atoms with van der Waals surface area (Å²) < 4.78 is 5.56. The van der Waals surface area contributed by atoms with Gasteiger partial charge in [0.1, 0.15) is 11.1 Å². The van der Waals surface area contributed by atoms with E-state index in [-0.39, 0.29) is 17.6 Å². The van der Waals surface area contributed by atoms with Gasteiger partial charge in [0.2, 0.25) is 0 Å². The average Bonchev–Trinajstić information content (AvgIpc) is 2.45. The van der Waals surface area contributed by atoms with Gasteiger partial charge >= 0.3 is 0 Å². The normalized spacial score (nSPS) is 16.2. The Morgan fingerprint density at radius 1 is 1.38 bits per heavy atom. The number of aromatic nitrogens is 1. The van der Waals surface area contributed by atoms with Gasteiger partial charge in [0.25, 0.3) is 0 Å². The molecular formula is C12H22N2OS. The lowest BCUT2D eigenvalue weighted by Gasteiger charge is -2.27. The van der Waals surface area contributed by atoms with Crippen LogP contribution >= 0.6 is 11.3 Å². The molecule has 0 fully saturated rings. The van der Waals surface area contributed by atoms with Crippen LogP contribution in [0.4, 0.5) is 0 Å². The summed E-state index contributed by atoms with van der Waals surface area (Å²) in [5.41, 5.74) is 6.99. The number of methoxy groups -OCH3 is 1. The quantitative estimate of drug-likeness (QED) is 0.885. The number of hydrogen-bond acceptors (Lipinski definition) is 4. The first-order chi connectivity index (χ1) is 7.27. The summed E-state index contributed by atoms with van der Waals surface area (Å²) in [6.45, 7) is 10.5. The molecule has 92 valence electrons. The first kappa shape index (κ1) is 13.6. The van der Waals surface area contributed by atoms with Gasteiger partial charge in [-0.2, -0.15) is 0 Å². The van der Waals surface area contributed by atoms with Crippen LogP contribution in [0, 0.1) is 12.3 Å². The largest absolute Gasteiger partial charge is 0.374 e. The predicted molar refractivity (Wildman–Crippen MR) is 68.7 cm³/mol. The van der Waals surface area contributed by atoms with Crippen LogP contribution in [0.1, 0.15) is 55.4 Å². The first-order valence-electron chi connectivity index (χ1n) is 5.53. The van der Waals surface area contributed by atoms with Crippen LogP contribution in [-0.2, 0) is 4.74 Å². The van der Waals surface area contributed by atoms with Gasteiger partial charge in [0, 0.05) is 18.0 Å². The molecule has 2 unspecified atom stereocenters. The standard InChI is InChI=1S/C12H22N2OS/c1-7(13)9-8(2)14-11(16-9)10(15-6)12(3,4)5/h7,10H,13H2,1-6H3. The molecule has 0 amide bonds. The highest BCUT2D eigenvalue weighted by molar-refractivity contribution is 7.11. The van der Waals surface area contributed by atoms with Crippen LogP contribution in [0.5, 0.6) is 0 Å². The maximum atomic E-state index is 5.91. The molecule has 0 aromatic carbocycles. The smallest absolute Gasteiger partial charge is 0.123 e. The summed E-state index contributed by atoms with van der Waals surface area (Å²) >= 11 is 1.67. The molecule has 16 heavy (non-hydrogen) atoms. The zero-order valence-electron chi connectivity index (χ0n) is 11.0. The van der Waals surface area contributed by atoms with Crippen molar-refractivity contribution >= 4 is 11.3 Å². The highest BCUT2D eigenvalue weighted by Crippen LogP contribution is 2.39. The summed E-state index contributed by atoms with van der Waals surface area (Å²) in [7, 11) is 1.73. The van der Waals surface area contributed by atoms with Gasteiger partial charge in [0.05, 0.1) is 5.69 Å². The van der Waals surface area contributed by atoms with Crippen LogP contribution in [0.2, 0.25) is 0 Å². The Balaban J connectivity index is 3.08. The van der Waals surface area contributed by atoms with E-state index >= 15 is 0 Å². The molecule has 0 spiro atoms. The van der Waals surface area contributed by atoms with Gasteiger partial charge in [-0.1, -0.05) is 20.8 Å². The highest BCUT2D eigenvalue weighted by Gasteiger charge is 2.29. The Bertz CT molecular complexity index is 352. The maximum Gasteiger partial charge on any atom is 0.123 e. The third kappa shape index (κ3) is 2.81. The Morgan fingerprint density at radius 2 is 1.94 bits per heavy atom. The van der Waals surface area contributed by atoms with Crippen LogP contribution in [0.15, 0.2) is 0 Å². The molecule has 0 saturated heterocycles. The highest BCUT2D eigenvalue weighted by atomic mass is 32.1. The molecule has 0 aliphatic rings. The van der Waals surface area contributed by atoms with E-state index in [0.717, 1.165) is 15.6 Å². The van der Waals surface area contributed by atoms with E-state index in [1.54, 1.807) is 18.4 Å². The topological polar surface area (TPSA) is 48.1 Å². The van der Waals surface area contributed by atoms with E-state index in [1.807, 2.05) is 13.8 Å². The van der Waals surface area contributed by atoms with Crippen molar-refractivity contribution in [1.29, 1.82) is 0 Å². The van der Waals surface area contributed by atoms with Crippen molar-refractivity contribution in [2.75, 3.05) is 7.11 Å². The molecule has 1 aromatic rings. The zero-order chi connectivity index (χ0) is 12.5. The van der Waals surface area contributed by atoms with Crippen molar-refractivity contribution in [3.05, 3.63) is 15.6 Å². The molecule has 4 heteroatoms. The SMILES string of the molecule is COC(c1nc(C)c(C(C)N)s1)C(C)(C)C. The fourth-order valence-corrected chi connectivity index (χ4v) is 3.13. The zero-order valence-corrected chi connectivity index (χ0v) is 11.8. The van der Waals surface area contributed by atoms with Crippen molar-refractivity contribution in [2.45, 2.75) is 46.8 Å². The average molecular weight is 242 g/mol. The molecule has 2 N–H and O–H groups in total. The summed E-state index contributed by atoms with van der Waals surface area (Å²) in [5, 5.41) is 1.03. The summed E-state index contributed by atoms with van der Waals surface area (Å²) in [6, 6.07) is 0.0451. The van der Waals surface area contributed by atoms with Gasteiger partial charge in [-0.15, -0.1) is 11.3 Å². The third-order valence-electron chi connectivity index (χ3n) is 2.51. The molecule has 3 nitrogen and oxygen atoms in total. The summed E-state index contributed by atoms with van der Waals surface area (Å²) in [4.78, 5) is 5.74. The van der Waals surface area contributed by atoms with Crippen molar-refractivity contribution in [2.24, 2.45) is 11.1 Å². The van der Waals surface area contributed by atoms with E-state index in [9.17, 15) is 0 Å². The van der Waals surface area contributed by atoms with E-state index in [4.69, 9.17) is 10.5 Å². The minimum atomic E-state index is 0.0312. The molecule has 0 aliphatic heterocycles. The molecule has 0 bridgehead atoms. The Hall–Kier alpha value is -0.450. The van der Waals surface area contributed by atoms with Crippen LogP contribution in [0.3, 0.4) is 0 Å². The number of thiazole rings is 1. The lowest BCUT2D eigenvalue weighted by Crippen LogP contribution is -2.19. The van der Waals surface area contributed by atoms with E-state index < -0.39 is 0 Å². The number of nitrogens with zero attached hydrogens (tertiary/aromatic N) is 1. The van der Waals surface area contributed by atoms with Crippen LogP contribution < -0.4 is 5.73 Å². The van der Waals surface area contributed by atoms with Gasteiger partial charge in [-0.05, 0) is 19.3 Å². The third-order valence-corrected chi connectivity index (χ3v) is 3.91. The second-order valence-corrected chi connectivity index (χ2v) is 6.33. The van der Waals surface area contributed by atoms with Crippen molar-refractivity contribution < 1.29 is 4.74 Å². The molecule has 1 aromatic heterocycles. The lowest BCUT2D eigenvalue weighted by atomic mass is 9.89. The molecule has 2 atom stereocenters. The van der Waals surface area contributed by atoms with Crippen LogP contribution in [0.25, 0.3) is 0 Å². The van der Waals surface area contributed by atoms with Crippen molar-refractivity contribution in [3.63, 3.8) is 0 Å². The van der Waals surface area contributed by atoms with Gasteiger partial charge in [-0.25, -0.2) is 4.98 Å². The maximum absolute atomic E-state index is 5.91. The molecule has 0 aliphatic carbocycles. The van der Waals surface area contributed by atoms with Crippen LogP contribution in [-0.4, -0.2) is 12.1 Å². The first-order valence-corrected chi connectivity index (χ1v) is 6.34. The van der Waals surface area contributed by atoms with Crippen molar-refractivity contribution in [3.8, 4) is 0 Å². The molecule has 1 heterocycles.